The van der Waals surface area contributed by atoms with Crippen LogP contribution in [0.15, 0.2) is 23.8 Å². The van der Waals surface area contributed by atoms with Crippen LogP contribution >= 0.6 is 0 Å². The van der Waals surface area contributed by atoms with E-state index in [0.717, 1.165) is 12.3 Å². The van der Waals surface area contributed by atoms with Crippen molar-refractivity contribution >= 4 is 0 Å². The van der Waals surface area contributed by atoms with E-state index >= 15 is 0 Å². The molecule has 2 N–H and O–H groups in total. The highest BCUT2D eigenvalue weighted by Crippen LogP contribution is 2.62. The van der Waals surface area contributed by atoms with Crippen LogP contribution in [0, 0.1) is 11.3 Å². The van der Waals surface area contributed by atoms with Crippen LogP contribution < -0.4 is 5.73 Å². The molecule has 0 radical (unpaired) electrons. The maximum atomic E-state index is 5.87. The minimum absolute atomic E-state index is 0.339. The first-order chi connectivity index (χ1) is 6.18. The molecule has 0 saturated heterocycles. The Hall–Kier alpha value is -0.560. The summed E-state index contributed by atoms with van der Waals surface area (Å²) >= 11 is 0. The van der Waals surface area contributed by atoms with Crippen molar-refractivity contribution in [3.63, 3.8) is 0 Å². The number of rotatable bonds is 3. The van der Waals surface area contributed by atoms with Crippen molar-refractivity contribution in [2.45, 2.75) is 39.2 Å². The first-order valence-electron chi connectivity index (χ1n) is 5.32. The number of hydrogen-bond acceptors (Lipinski definition) is 1. The molecular formula is C12H19N. The van der Waals surface area contributed by atoms with Gasteiger partial charge in [0, 0.05) is 6.04 Å². The van der Waals surface area contributed by atoms with E-state index in [4.69, 9.17) is 5.73 Å². The van der Waals surface area contributed by atoms with Crippen molar-refractivity contribution in [2.24, 2.45) is 17.1 Å². The smallest absolute Gasteiger partial charge is 0.00189 e. The van der Waals surface area contributed by atoms with Crippen molar-refractivity contribution in [3.8, 4) is 0 Å². The van der Waals surface area contributed by atoms with Gasteiger partial charge in [-0.2, -0.15) is 0 Å². The van der Waals surface area contributed by atoms with E-state index in [1.807, 2.05) is 0 Å². The zero-order valence-corrected chi connectivity index (χ0v) is 8.59. The summed E-state index contributed by atoms with van der Waals surface area (Å²) in [5.74, 6) is 0.827. The van der Waals surface area contributed by atoms with Gasteiger partial charge in [0.1, 0.15) is 0 Å². The number of nitrogens with two attached hydrogens (primary N) is 1. The first kappa shape index (κ1) is 9.01. The van der Waals surface area contributed by atoms with Gasteiger partial charge in [0.2, 0.25) is 0 Å². The highest BCUT2D eigenvalue weighted by atomic mass is 14.7. The fourth-order valence-electron chi connectivity index (χ4n) is 2.74. The van der Waals surface area contributed by atoms with E-state index in [1.165, 1.54) is 12.8 Å². The highest BCUT2D eigenvalue weighted by Gasteiger charge is 2.53. The van der Waals surface area contributed by atoms with E-state index < -0.39 is 0 Å². The molecule has 1 saturated carbocycles. The third-order valence-corrected chi connectivity index (χ3v) is 3.41. The minimum atomic E-state index is 0.339. The lowest BCUT2D eigenvalue weighted by molar-refractivity contribution is 0.481. The van der Waals surface area contributed by atoms with E-state index in [-0.39, 0.29) is 0 Å². The van der Waals surface area contributed by atoms with Gasteiger partial charge in [-0.15, -0.1) is 0 Å². The summed E-state index contributed by atoms with van der Waals surface area (Å²) in [6, 6.07) is 0.339. The van der Waals surface area contributed by atoms with Crippen LogP contribution in [-0.2, 0) is 0 Å². The van der Waals surface area contributed by atoms with Crippen LogP contribution in [0.25, 0.3) is 0 Å². The van der Waals surface area contributed by atoms with Crippen molar-refractivity contribution in [1.82, 2.24) is 0 Å². The lowest BCUT2D eigenvalue weighted by Crippen LogP contribution is -2.21. The summed E-state index contributed by atoms with van der Waals surface area (Å²) < 4.78 is 0. The molecule has 1 heteroatoms. The molecular weight excluding hydrogens is 158 g/mol. The molecule has 0 spiro atoms. The molecule has 1 fully saturated rings. The predicted molar refractivity (Wildman–Crippen MR) is 56.3 cm³/mol. The molecule has 3 atom stereocenters. The molecule has 0 bridgehead atoms. The van der Waals surface area contributed by atoms with Gasteiger partial charge in [-0.25, -0.2) is 0 Å². The average molecular weight is 177 g/mol. The summed E-state index contributed by atoms with van der Waals surface area (Å²) in [6.07, 6.45) is 10.6. The van der Waals surface area contributed by atoms with Crippen molar-refractivity contribution in [2.75, 3.05) is 0 Å². The number of allylic oxidation sites excluding steroid dienone is 4. The average Bonchev–Trinajstić information content (AvgIpc) is 2.76. The van der Waals surface area contributed by atoms with Crippen LogP contribution in [0.1, 0.15) is 33.1 Å². The van der Waals surface area contributed by atoms with Gasteiger partial charge >= 0.3 is 0 Å². The summed E-state index contributed by atoms with van der Waals surface area (Å²) in [5, 5.41) is 0. The quantitative estimate of drug-likeness (QED) is 0.704. The predicted octanol–water partition coefficient (Wildman–Crippen LogP) is 2.64. The molecule has 2 aliphatic carbocycles. The second kappa shape index (κ2) is 2.98. The molecule has 13 heavy (non-hydrogen) atoms. The number of fused-ring (bicyclic) bond motifs is 1. The van der Waals surface area contributed by atoms with Crippen molar-refractivity contribution < 1.29 is 0 Å². The molecule has 2 rings (SSSR count). The largest absolute Gasteiger partial charge is 0.328 e. The molecule has 0 aromatic rings. The topological polar surface area (TPSA) is 26.0 Å². The Bertz CT molecular complexity index is 262. The first-order valence-corrected chi connectivity index (χ1v) is 5.32. The summed E-state index contributed by atoms with van der Waals surface area (Å²) in [6.45, 7) is 4.36. The third kappa shape index (κ3) is 1.46. The molecule has 0 aliphatic heterocycles. The Kier molecular flexibility index (Phi) is 2.07. The van der Waals surface area contributed by atoms with Crippen molar-refractivity contribution in [1.29, 1.82) is 0 Å². The molecule has 3 unspecified atom stereocenters. The Morgan fingerprint density at radius 3 is 3.08 bits per heavy atom. The van der Waals surface area contributed by atoms with E-state index in [2.05, 4.69) is 32.1 Å². The fraction of sp³-hybridized carbons (Fsp3) is 0.667. The van der Waals surface area contributed by atoms with Gasteiger partial charge in [0.15, 0.2) is 0 Å². The minimum Gasteiger partial charge on any atom is -0.328 e. The maximum absolute atomic E-state index is 5.87. The SMILES string of the molecule is CCC1=CC=CC2(CC(C)N)CC12. The molecule has 0 aromatic carbocycles. The monoisotopic (exact) mass is 177 g/mol. The van der Waals surface area contributed by atoms with Gasteiger partial charge in [-0.1, -0.05) is 30.7 Å². The highest BCUT2D eigenvalue weighted by molar-refractivity contribution is 5.35. The van der Waals surface area contributed by atoms with Crippen LogP contribution in [-0.4, -0.2) is 6.04 Å². The molecule has 2 aliphatic rings. The van der Waals surface area contributed by atoms with Gasteiger partial charge in [0.05, 0.1) is 0 Å². The van der Waals surface area contributed by atoms with Crippen LogP contribution in [0.4, 0.5) is 0 Å². The van der Waals surface area contributed by atoms with E-state index in [9.17, 15) is 0 Å². The molecule has 0 aromatic heterocycles. The van der Waals surface area contributed by atoms with Crippen LogP contribution in [0.3, 0.4) is 0 Å². The third-order valence-electron chi connectivity index (χ3n) is 3.41. The molecule has 72 valence electrons. The Morgan fingerprint density at radius 2 is 2.46 bits per heavy atom. The second-order valence-electron chi connectivity index (χ2n) is 4.63. The fourth-order valence-corrected chi connectivity index (χ4v) is 2.74. The lowest BCUT2D eigenvalue weighted by atomic mass is 9.88. The summed E-state index contributed by atoms with van der Waals surface area (Å²) in [7, 11) is 0. The molecule has 0 amide bonds. The summed E-state index contributed by atoms with van der Waals surface area (Å²) in [5.41, 5.74) is 7.96. The lowest BCUT2D eigenvalue weighted by Gasteiger charge is -2.19. The Morgan fingerprint density at radius 1 is 1.69 bits per heavy atom. The van der Waals surface area contributed by atoms with E-state index in [0.29, 0.717) is 11.5 Å². The van der Waals surface area contributed by atoms with Gasteiger partial charge in [-0.05, 0) is 37.5 Å². The Labute approximate surface area is 80.7 Å². The molecule has 0 heterocycles. The zero-order valence-electron chi connectivity index (χ0n) is 8.59. The standard InChI is InChI=1S/C12H19N/c1-3-10-5-4-6-12(7-9(2)13)8-11(10)12/h4-6,9,11H,3,7-8,13H2,1-2H3. The second-order valence-corrected chi connectivity index (χ2v) is 4.63. The van der Waals surface area contributed by atoms with Gasteiger partial charge < -0.3 is 5.73 Å². The van der Waals surface area contributed by atoms with Crippen LogP contribution in [0.2, 0.25) is 0 Å². The van der Waals surface area contributed by atoms with Gasteiger partial charge in [-0.3, -0.25) is 0 Å². The maximum Gasteiger partial charge on any atom is 0.00189 e. The number of hydrogen-bond donors (Lipinski definition) is 1. The Balaban J connectivity index is 2.09. The van der Waals surface area contributed by atoms with Gasteiger partial charge in [0.25, 0.3) is 0 Å². The molecule has 1 nitrogen and oxygen atoms in total. The van der Waals surface area contributed by atoms with E-state index in [1.54, 1.807) is 5.57 Å². The zero-order chi connectivity index (χ0) is 9.47. The van der Waals surface area contributed by atoms with Crippen LogP contribution in [0.5, 0.6) is 0 Å². The van der Waals surface area contributed by atoms with Crippen molar-refractivity contribution in [3.05, 3.63) is 23.8 Å². The summed E-state index contributed by atoms with van der Waals surface area (Å²) in [4.78, 5) is 0. The normalized spacial score (nSPS) is 38.1.